The Morgan fingerprint density at radius 3 is 2.12 bits per heavy atom. The fourth-order valence-electron chi connectivity index (χ4n) is 2.79. The van der Waals surface area contributed by atoms with Gasteiger partial charge in [-0.1, -0.05) is 26.0 Å². The van der Waals surface area contributed by atoms with Gasteiger partial charge in [0.15, 0.2) is 0 Å². The minimum Gasteiger partial charge on any atom is -0.389 e. The van der Waals surface area contributed by atoms with Crippen LogP contribution in [0.3, 0.4) is 0 Å². The largest absolute Gasteiger partial charge is 0.389 e. The van der Waals surface area contributed by atoms with Crippen LogP contribution in [0.4, 0.5) is 0 Å². The zero-order valence-electron chi connectivity index (χ0n) is 15.9. The molecule has 2 heterocycles. The van der Waals surface area contributed by atoms with Gasteiger partial charge in [-0.15, -0.1) is 0 Å². The molecule has 0 aliphatic carbocycles. The van der Waals surface area contributed by atoms with Crippen LogP contribution in [-0.2, 0) is 17.8 Å². The molecule has 0 bridgehead atoms. The zero-order chi connectivity index (χ0) is 18.6. The standard InChI is InChI=1S/C21H31N3O2/c1-18(2)8-7-13-26-17-21(25)16-24(14-19-9-3-5-11-22-19)15-20-10-4-6-12-23-20/h3-6,9-12,18,21,25H,7-8,13-17H2,1-2H3. The number of nitrogens with zero attached hydrogens (tertiary/aromatic N) is 3. The van der Waals surface area contributed by atoms with Crippen LogP contribution in [-0.4, -0.2) is 45.8 Å². The van der Waals surface area contributed by atoms with Gasteiger partial charge in [0.1, 0.15) is 0 Å². The van der Waals surface area contributed by atoms with Gasteiger partial charge in [-0.2, -0.15) is 0 Å². The quantitative estimate of drug-likeness (QED) is 0.591. The highest BCUT2D eigenvalue weighted by molar-refractivity contribution is 5.06. The maximum atomic E-state index is 10.4. The number of ether oxygens (including phenoxy) is 1. The lowest BCUT2D eigenvalue weighted by Crippen LogP contribution is -2.34. The van der Waals surface area contributed by atoms with Gasteiger partial charge in [0.2, 0.25) is 0 Å². The molecule has 0 saturated heterocycles. The van der Waals surface area contributed by atoms with Crippen molar-refractivity contribution < 1.29 is 9.84 Å². The van der Waals surface area contributed by atoms with Crippen molar-refractivity contribution in [1.29, 1.82) is 0 Å². The van der Waals surface area contributed by atoms with E-state index in [1.54, 1.807) is 12.4 Å². The van der Waals surface area contributed by atoms with Crippen LogP contribution < -0.4 is 0 Å². The van der Waals surface area contributed by atoms with E-state index in [0.717, 1.165) is 24.2 Å². The predicted octanol–water partition coefficient (Wildman–Crippen LogP) is 3.29. The van der Waals surface area contributed by atoms with E-state index in [2.05, 4.69) is 28.7 Å². The average molecular weight is 357 g/mol. The molecule has 2 aromatic rings. The van der Waals surface area contributed by atoms with Crippen LogP contribution in [0.2, 0.25) is 0 Å². The summed E-state index contributed by atoms with van der Waals surface area (Å²) in [6.45, 7) is 7.35. The molecular weight excluding hydrogens is 326 g/mol. The molecule has 0 amide bonds. The Morgan fingerprint density at radius 2 is 1.62 bits per heavy atom. The number of rotatable bonds is 12. The number of aliphatic hydroxyl groups is 1. The van der Waals surface area contributed by atoms with Crippen LogP contribution in [0.5, 0.6) is 0 Å². The lowest BCUT2D eigenvalue weighted by atomic mass is 10.1. The van der Waals surface area contributed by atoms with Crippen molar-refractivity contribution in [3.8, 4) is 0 Å². The Hall–Kier alpha value is -1.82. The van der Waals surface area contributed by atoms with E-state index in [1.165, 1.54) is 0 Å². The number of hydrogen-bond donors (Lipinski definition) is 1. The summed E-state index contributed by atoms with van der Waals surface area (Å²) in [5, 5.41) is 10.4. The topological polar surface area (TPSA) is 58.5 Å². The lowest BCUT2D eigenvalue weighted by molar-refractivity contribution is 0.0117. The van der Waals surface area contributed by atoms with Crippen LogP contribution in [0.25, 0.3) is 0 Å². The molecule has 2 rings (SSSR count). The van der Waals surface area contributed by atoms with E-state index in [1.807, 2.05) is 36.4 Å². The Bertz CT molecular complexity index is 551. The van der Waals surface area contributed by atoms with Crippen molar-refractivity contribution >= 4 is 0 Å². The zero-order valence-corrected chi connectivity index (χ0v) is 15.9. The van der Waals surface area contributed by atoms with E-state index in [-0.39, 0.29) is 0 Å². The van der Waals surface area contributed by atoms with Crippen molar-refractivity contribution in [3.63, 3.8) is 0 Å². The molecule has 0 fully saturated rings. The molecule has 2 aromatic heterocycles. The minimum absolute atomic E-state index is 0.360. The number of hydrogen-bond acceptors (Lipinski definition) is 5. The summed E-state index contributed by atoms with van der Waals surface area (Å²) in [4.78, 5) is 11.0. The van der Waals surface area contributed by atoms with Crippen LogP contribution >= 0.6 is 0 Å². The molecule has 0 saturated carbocycles. The van der Waals surface area contributed by atoms with Crippen molar-refractivity contribution in [1.82, 2.24) is 14.9 Å². The first-order chi connectivity index (χ1) is 12.6. The number of aromatic nitrogens is 2. The summed E-state index contributed by atoms with van der Waals surface area (Å²) in [6.07, 6.45) is 5.25. The molecule has 0 aromatic carbocycles. The van der Waals surface area contributed by atoms with E-state index in [4.69, 9.17) is 4.74 Å². The molecule has 1 unspecified atom stereocenters. The molecular formula is C21H31N3O2. The SMILES string of the molecule is CC(C)CCCOCC(O)CN(Cc1ccccn1)Cc1ccccn1. The highest BCUT2D eigenvalue weighted by Gasteiger charge is 2.14. The first-order valence-corrected chi connectivity index (χ1v) is 9.41. The van der Waals surface area contributed by atoms with Gasteiger partial charge < -0.3 is 9.84 Å². The molecule has 142 valence electrons. The molecule has 1 atom stereocenters. The summed E-state index contributed by atoms with van der Waals surface area (Å²) in [5.74, 6) is 0.691. The van der Waals surface area contributed by atoms with Crippen LogP contribution in [0.1, 0.15) is 38.1 Å². The molecule has 1 N–H and O–H groups in total. The fourth-order valence-corrected chi connectivity index (χ4v) is 2.79. The maximum absolute atomic E-state index is 10.4. The van der Waals surface area contributed by atoms with E-state index in [0.29, 0.717) is 38.8 Å². The first-order valence-electron chi connectivity index (χ1n) is 9.41. The summed E-state index contributed by atoms with van der Waals surface area (Å²) in [5.41, 5.74) is 1.96. The molecule has 5 heteroatoms. The van der Waals surface area contributed by atoms with Gasteiger partial charge in [0.05, 0.1) is 24.1 Å². The Morgan fingerprint density at radius 1 is 1.00 bits per heavy atom. The van der Waals surface area contributed by atoms with Gasteiger partial charge in [0, 0.05) is 38.6 Å². The molecule has 26 heavy (non-hydrogen) atoms. The molecule has 0 aliphatic rings. The molecule has 0 spiro atoms. The summed E-state index contributed by atoms with van der Waals surface area (Å²) in [6, 6.07) is 11.8. The van der Waals surface area contributed by atoms with Crippen molar-refractivity contribution in [2.45, 2.75) is 45.9 Å². The second-order valence-corrected chi connectivity index (χ2v) is 7.08. The number of pyridine rings is 2. The lowest BCUT2D eigenvalue weighted by Gasteiger charge is -2.24. The Balaban J connectivity index is 1.84. The van der Waals surface area contributed by atoms with Gasteiger partial charge in [-0.25, -0.2) is 0 Å². The maximum Gasteiger partial charge on any atom is 0.0900 e. The smallest absolute Gasteiger partial charge is 0.0900 e. The molecule has 0 aliphatic heterocycles. The Kier molecular flexibility index (Phi) is 9.24. The Labute approximate surface area is 157 Å². The van der Waals surface area contributed by atoms with E-state index in [9.17, 15) is 5.11 Å². The predicted molar refractivity (Wildman–Crippen MR) is 103 cm³/mol. The fraction of sp³-hybridized carbons (Fsp3) is 0.524. The van der Waals surface area contributed by atoms with Crippen LogP contribution in [0.15, 0.2) is 48.8 Å². The highest BCUT2D eigenvalue weighted by atomic mass is 16.5. The van der Waals surface area contributed by atoms with Gasteiger partial charge in [-0.3, -0.25) is 14.9 Å². The third-order valence-electron chi connectivity index (χ3n) is 4.07. The van der Waals surface area contributed by atoms with Crippen molar-refractivity contribution in [3.05, 3.63) is 60.2 Å². The van der Waals surface area contributed by atoms with E-state index < -0.39 is 6.10 Å². The van der Waals surface area contributed by atoms with E-state index >= 15 is 0 Å². The van der Waals surface area contributed by atoms with Crippen LogP contribution in [0, 0.1) is 5.92 Å². The minimum atomic E-state index is -0.526. The highest BCUT2D eigenvalue weighted by Crippen LogP contribution is 2.08. The normalized spacial score (nSPS) is 12.7. The average Bonchev–Trinajstić information content (AvgIpc) is 2.63. The monoisotopic (exact) mass is 357 g/mol. The third kappa shape index (κ3) is 8.52. The number of aliphatic hydroxyl groups excluding tert-OH is 1. The molecule has 5 nitrogen and oxygen atoms in total. The van der Waals surface area contributed by atoms with Gasteiger partial charge in [0.25, 0.3) is 0 Å². The van der Waals surface area contributed by atoms with Gasteiger partial charge >= 0.3 is 0 Å². The second kappa shape index (κ2) is 11.7. The van der Waals surface area contributed by atoms with Crippen molar-refractivity contribution in [2.24, 2.45) is 5.92 Å². The van der Waals surface area contributed by atoms with Gasteiger partial charge in [-0.05, 0) is 43.0 Å². The summed E-state index contributed by atoms with van der Waals surface area (Å²) in [7, 11) is 0. The summed E-state index contributed by atoms with van der Waals surface area (Å²) >= 11 is 0. The second-order valence-electron chi connectivity index (χ2n) is 7.08. The summed E-state index contributed by atoms with van der Waals surface area (Å²) < 4.78 is 5.64. The first kappa shape index (κ1) is 20.5. The third-order valence-corrected chi connectivity index (χ3v) is 4.07. The molecule has 0 radical (unpaired) electrons. The van der Waals surface area contributed by atoms with Crippen molar-refractivity contribution in [2.75, 3.05) is 19.8 Å².